The van der Waals surface area contributed by atoms with E-state index < -0.39 is 0 Å². The molecule has 0 radical (unpaired) electrons. The number of hydrogen-bond acceptors (Lipinski definition) is 4. The van der Waals surface area contributed by atoms with Crippen LogP contribution in [0.3, 0.4) is 0 Å². The predicted octanol–water partition coefficient (Wildman–Crippen LogP) is 4.56. The van der Waals surface area contributed by atoms with Gasteiger partial charge in [0.2, 0.25) is 0 Å². The van der Waals surface area contributed by atoms with Gasteiger partial charge in [-0.1, -0.05) is 37.3 Å². The van der Waals surface area contributed by atoms with Crippen molar-refractivity contribution < 1.29 is 9.53 Å². The summed E-state index contributed by atoms with van der Waals surface area (Å²) >= 11 is 0. The van der Waals surface area contributed by atoms with Crippen LogP contribution in [0.4, 0.5) is 11.5 Å². The fourth-order valence-electron chi connectivity index (χ4n) is 2.93. The summed E-state index contributed by atoms with van der Waals surface area (Å²) in [5.74, 6) is 1.39. The molecule has 1 aromatic heterocycles. The lowest BCUT2D eigenvalue weighted by Crippen LogP contribution is -2.13. The first kappa shape index (κ1) is 19.4. The zero-order valence-electron chi connectivity index (χ0n) is 16.2. The Balaban J connectivity index is 1.59. The number of methoxy groups -OCH3 is 1. The van der Waals surface area contributed by atoms with E-state index in [0.717, 1.165) is 29.8 Å². The molecule has 0 aliphatic carbocycles. The molecule has 0 atom stereocenters. The van der Waals surface area contributed by atoms with Crippen LogP contribution in [-0.4, -0.2) is 24.5 Å². The molecule has 0 saturated heterocycles. The van der Waals surface area contributed by atoms with E-state index in [-0.39, 0.29) is 5.91 Å². The highest BCUT2D eigenvalue weighted by molar-refractivity contribution is 6.04. The largest absolute Gasteiger partial charge is 0.496 e. The summed E-state index contributed by atoms with van der Waals surface area (Å²) in [4.78, 5) is 16.8. The Morgan fingerprint density at radius 1 is 1.07 bits per heavy atom. The van der Waals surface area contributed by atoms with Crippen LogP contribution in [0.2, 0.25) is 0 Å². The van der Waals surface area contributed by atoms with Crippen molar-refractivity contribution in [3.63, 3.8) is 0 Å². The van der Waals surface area contributed by atoms with Gasteiger partial charge in [-0.05, 0) is 54.3 Å². The van der Waals surface area contributed by atoms with Gasteiger partial charge in [-0.25, -0.2) is 4.98 Å². The fourth-order valence-corrected chi connectivity index (χ4v) is 2.93. The molecule has 1 heterocycles. The highest BCUT2D eigenvalue weighted by Gasteiger charge is 2.08. The minimum atomic E-state index is -0.153. The number of aromatic nitrogens is 1. The molecule has 1 amide bonds. The van der Waals surface area contributed by atoms with E-state index in [1.807, 2.05) is 48.5 Å². The van der Waals surface area contributed by atoms with Crippen molar-refractivity contribution >= 4 is 17.4 Å². The third-order valence-corrected chi connectivity index (χ3v) is 4.54. The van der Waals surface area contributed by atoms with Crippen LogP contribution in [0.25, 0.3) is 0 Å². The zero-order chi connectivity index (χ0) is 19.8. The number of ether oxygens (including phenoxy) is 1. The van der Waals surface area contributed by atoms with E-state index in [0.29, 0.717) is 17.9 Å². The van der Waals surface area contributed by atoms with Gasteiger partial charge >= 0.3 is 0 Å². The predicted molar refractivity (Wildman–Crippen MR) is 113 cm³/mol. The summed E-state index contributed by atoms with van der Waals surface area (Å²) in [6.45, 7) is 2.80. The zero-order valence-corrected chi connectivity index (χ0v) is 16.2. The van der Waals surface area contributed by atoms with Crippen LogP contribution in [0.15, 0.2) is 66.9 Å². The molecule has 5 heteroatoms. The Kier molecular flexibility index (Phi) is 6.63. The molecule has 0 aliphatic heterocycles. The van der Waals surface area contributed by atoms with E-state index in [9.17, 15) is 4.79 Å². The molecule has 0 aliphatic rings. The third-order valence-electron chi connectivity index (χ3n) is 4.54. The van der Waals surface area contributed by atoms with Gasteiger partial charge in [0.05, 0.1) is 7.11 Å². The molecule has 3 aromatic rings. The molecular formula is C23H25N3O2. The number of para-hydroxylation sites is 1. The molecule has 0 spiro atoms. The normalized spacial score (nSPS) is 10.4. The van der Waals surface area contributed by atoms with E-state index in [1.54, 1.807) is 25.4 Å². The summed E-state index contributed by atoms with van der Waals surface area (Å²) in [6.07, 6.45) is 3.41. The molecule has 0 unspecified atom stereocenters. The maximum absolute atomic E-state index is 12.5. The van der Waals surface area contributed by atoms with Gasteiger partial charge in [0.15, 0.2) is 0 Å². The summed E-state index contributed by atoms with van der Waals surface area (Å²) in [7, 11) is 1.67. The molecule has 0 saturated carbocycles. The van der Waals surface area contributed by atoms with Crippen LogP contribution in [-0.2, 0) is 12.8 Å². The number of rotatable bonds is 8. The van der Waals surface area contributed by atoms with Crippen molar-refractivity contribution in [2.45, 2.75) is 19.8 Å². The van der Waals surface area contributed by atoms with Crippen molar-refractivity contribution in [2.75, 3.05) is 24.3 Å². The Morgan fingerprint density at radius 3 is 2.61 bits per heavy atom. The average Bonchev–Trinajstić information content (AvgIpc) is 2.75. The minimum absolute atomic E-state index is 0.153. The summed E-state index contributed by atoms with van der Waals surface area (Å²) in [5, 5.41) is 6.19. The second-order valence-corrected chi connectivity index (χ2v) is 6.42. The standard InChI is InChI=1S/C23H25N3O2/c1-3-17-8-10-20(11-9-17)26-23(27)19-13-15-25-22(16-19)24-14-12-18-6-4-5-7-21(18)28-2/h4-11,13,15-16H,3,12,14H2,1-2H3,(H,24,25)(H,26,27). The number of nitrogens with one attached hydrogen (secondary N) is 2. The van der Waals surface area contributed by atoms with Crippen LogP contribution < -0.4 is 15.4 Å². The molecule has 5 nitrogen and oxygen atoms in total. The first-order valence-corrected chi connectivity index (χ1v) is 9.41. The molecule has 0 bridgehead atoms. The number of carbonyl (C=O) groups is 1. The van der Waals surface area contributed by atoms with E-state index in [2.05, 4.69) is 22.5 Å². The second kappa shape index (κ2) is 9.55. The molecule has 28 heavy (non-hydrogen) atoms. The Labute approximate surface area is 165 Å². The molecule has 144 valence electrons. The maximum Gasteiger partial charge on any atom is 0.255 e. The van der Waals surface area contributed by atoms with Gasteiger partial charge in [-0.3, -0.25) is 4.79 Å². The maximum atomic E-state index is 12.5. The van der Waals surface area contributed by atoms with Crippen molar-refractivity contribution in [3.05, 3.63) is 83.6 Å². The van der Waals surface area contributed by atoms with Crippen molar-refractivity contribution in [3.8, 4) is 5.75 Å². The number of aryl methyl sites for hydroxylation is 1. The highest BCUT2D eigenvalue weighted by Crippen LogP contribution is 2.18. The number of pyridine rings is 1. The van der Waals surface area contributed by atoms with Gasteiger partial charge in [-0.2, -0.15) is 0 Å². The fraction of sp³-hybridized carbons (Fsp3) is 0.217. The topological polar surface area (TPSA) is 63.2 Å². The number of hydrogen-bond donors (Lipinski definition) is 2. The minimum Gasteiger partial charge on any atom is -0.496 e. The quantitative estimate of drug-likeness (QED) is 0.606. The lowest BCUT2D eigenvalue weighted by molar-refractivity contribution is 0.102. The molecule has 2 aromatic carbocycles. The van der Waals surface area contributed by atoms with Gasteiger partial charge in [0.1, 0.15) is 11.6 Å². The van der Waals surface area contributed by atoms with Crippen LogP contribution in [0.5, 0.6) is 5.75 Å². The lowest BCUT2D eigenvalue weighted by atomic mass is 10.1. The van der Waals surface area contributed by atoms with Gasteiger partial charge < -0.3 is 15.4 Å². The van der Waals surface area contributed by atoms with Crippen LogP contribution >= 0.6 is 0 Å². The summed E-state index contributed by atoms with van der Waals surface area (Å²) in [5.41, 5.74) is 3.71. The monoisotopic (exact) mass is 375 g/mol. The van der Waals surface area contributed by atoms with Gasteiger partial charge in [-0.15, -0.1) is 0 Å². The van der Waals surface area contributed by atoms with Crippen molar-refractivity contribution in [1.82, 2.24) is 4.98 Å². The number of benzene rings is 2. The van der Waals surface area contributed by atoms with Gasteiger partial charge in [0, 0.05) is 24.0 Å². The van der Waals surface area contributed by atoms with Gasteiger partial charge in [0.25, 0.3) is 5.91 Å². The Bertz CT molecular complexity index is 923. The first-order valence-electron chi connectivity index (χ1n) is 9.41. The molecule has 0 fully saturated rings. The Hall–Kier alpha value is -3.34. The lowest BCUT2D eigenvalue weighted by Gasteiger charge is -2.10. The second-order valence-electron chi connectivity index (χ2n) is 6.42. The number of nitrogens with zero attached hydrogens (tertiary/aromatic N) is 1. The SMILES string of the molecule is CCc1ccc(NC(=O)c2ccnc(NCCc3ccccc3OC)c2)cc1. The van der Waals surface area contributed by atoms with Crippen LogP contribution in [0.1, 0.15) is 28.4 Å². The summed E-state index contributed by atoms with van der Waals surface area (Å²) < 4.78 is 5.37. The average molecular weight is 375 g/mol. The van der Waals surface area contributed by atoms with Crippen LogP contribution in [0, 0.1) is 0 Å². The van der Waals surface area contributed by atoms with Crippen molar-refractivity contribution in [1.29, 1.82) is 0 Å². The molecular weight excluding hydrogens is 350 g/mol. The first-order chi connectivity index (χ1) is 13.7. The molecule has 2 N–H and O–H groups in total. The number of amides is 1. The Morgan fingerprint density at radius 2 is 1.86 bits per heavy atom. The van der Waals surface area contributed by atoms with E-state index in [1.165, 1.54) is 5.56 Å². The van der Waals surface area contributed by atoms with Crippen molar-refractivity contribution in [2.24, 2.45) is 0 Å². The highest BCUT2D eigenvalue weighted by atomic mass is 16.5. The van der Waals surface area contributed by atoms with E-state index in [4.69, 9.17) is 4.74 Å². The smallest absolute Gasteiger partial charge is 0.255 e. The third kappa shape index (κ3) is 5.10. The number of carbonyl (C=O) groups excluding carboxylic acids is 1. The summed E-state index contributed by atoms with van der Waals surface area (Å²) in [6, 6.07) is 19.3. The van der Waals surface area contributed by atoms with E-state index >= 15 is 0 Å². The number of anilines is 2. The molecule has 3 rings (SSSR count).